The van der Waals surface area contributed by atoms with Gasteiger partial charge in [0.15, 0.2) is 11.5 Å². The first-order valence-electron chi connectivity index (χ1n) is 8.89. The first-order valence-corrected chi connectivity index (χ1v) is 8.89. The zero-order valence-corrected chi connectivity index (χ0v) is 14.4. The third-order valence-corrected chi connectivity index (χ3v) is 5.16. The van der Waals surface area contributed by atoms with Crippen LogP contribution in [0.15, 0.2) is 36.4 Å². The lowest BCUT2D eigenvalue weighted by Gasteiger charge is -2.32. The summed E-state index contributed by atoms with van der Waals surface area (Å²) in [6.45, 7) is 5.50. The lowest BCUT2D eigenvalue weighted by atomic mass is 10.0. The van der Waals surface area contributed by atoms with E-state index in [1.54, 1.807) is 6.07 Å². The van der Waals surface area contributed by atoms with Crippen LogP contribution in [0.2, 0.25) is 0 Å². The van der Waals surface area contributed by atoms with E-state index in [2.05, 4.69) is 28.2 Å². The van der Waals surface area contributed by atoms with Gasteiger partial charge >= 0.3 is 0 Å². The number of phenolic OH excluding ortho intramolecular Hbond substituents is 2. The Morgan fingerprint density at radius 2 is 1.76 bits per heavy atom. The molecule has 0 saturated carbocycles. The molecule has 0 atom stereocenters. The van der Waals surface area contributed by atoms with E-state index in [0.29, 0.717) is 11.6 Å². The molecule has 2 aromatic carbocycles. The molecule has 2 heterocycles. The van der Waals surface area contributed by atoms with Crippen molar-refractivity contribution in [2.45, 2.75) is 25.8 Å². The Labute approximate surface area is 146 Å². The van der Waals surface area contributed by atoms with Gasteiger partial charge in [-0.05, 0) is 31.5 Å². The average Bonchev–Trinajstić information content (AvgIpc) is 2.64. The lowest BCUT2D eigenvalue weighted by molar-refractivity contribution is 0.230. The lowest BCUT2D eigenvalue weighted by Crippen LogP contribution is -2.38. The minimum atomic E-state index is -0.141. The van der Waals surface area contributed by atoms with Gasteiger partial charge in [-0.3, -0.25) is 0 Å². The van der Waals surface area contributed by atoms with Gasteiger partial charge in [-0.25, -0.2) is 4.98 Å². The third kappa shape index (κ3) is 2.96. The first kappa shape index (κ1) is 16.0. The van der Waals surface area contributed by atoms with Crippen molar-refractivity contribution in [3.8, 4) is 11.5 Å². The number of nitrogens with one attached hydrogen (secondary N) is 1. The number of phenols is 2. The maximum Gasteiger partial charge on any atom is 0.159 e. The van der Waals surface area contributed by atoms with Crippen molar-refractivity contribution in [1.29, 1.82) is 0 Å². The van der Waals surface area contributed by atoms with Gasteiger partial charge in [-0.2, -0.15) is 0 Å². The number of anilines is 1. The second-order valence-electron chi connectivity index (χ2n) is 6.71. The molecule has 4 rings (SSSR count). The third-order valence-electron chi connectivity index (χ3n) is 5.16. The van der Waals surface area contributed by atoms with Crippen molar-refractivity contribution in [2.75, 3.05) is 25.0 Å². The highest BCUT2D eigenvalue weighted by Gasteiger charge is 2.20. The van der Waals surface area contributed by atoms with Crippen molar-refractivity contribution < 1.29 is 10.2 Å². The smallest absolute Gasteiger partial charge is 0.159 e. The summed E-state index contributed by atoms with van der Waals surface area (Å²) in [5.74, 6) is -0.258. The molecule has 0 radical (unpaired) electrons. The van der Waals surface area contributed by atoms with Gasteiger partial charge in [0, 0.05) is 36.0 Å². The number of aromatic hydroxyl groups is 2. The van der Waals surface area contributed by atoms with E-state index in [4.69, 9.17) is 0 Å². The number of likely N-dealkylation sites (tertiary alicyclic amines) is 1. The number of aromatic nitrogens is 1. The summed E-state index contributed by atoms with van der Waals surface area (Å²) < 4.78 is 0. The molecule has 0 unspecified atom stereocenters. The summed E-state index contributed by atoms with van der Waals surface area (Å²) in [4.78, 5) is 7.10. The van der Waals surface area contributed by atoms with Gasteiger partial charge < -0.3 is 20.4 Å². The Kier molecular flexibility index (Phi) is 4.09. The molecule has 1 aliphatic rings. The van der Waals surface area contributed by atoms with Crippen molar-refractivity contribution >= 4 is 27.5 Å². The summed E-state index contributed by atoms with van der Waals surface area (Å²) in [5, 5.41) is 25.4. The van der Waals surface area contributed by atoms with E-state index >= 15 is 0 Å². The summed E-state index contributed by atoms with van der Waals surface area (Å²) in [5.41, 5.74) is 2.56. The van der Waals surface area contributed by atoms with Gasteiger partial charge in [0.25, 0.3) is 0 Å². The van der Waals surface area contributed by atoms with Gasteiger partial charge in [0.1, 0.15) is 0 Å². The summed E-state index contributed by atoms with van der Waals surface area (Å²) in [7, 11) is 0. The predicted octanol–water partition coefficient (Wildman–Crippen LogP) is 3.70. The monoisotopic (exact) mass is 337 g/mol. The van der Waals surface area contributed by atoms with Gasteiger partial charge in [0.2, 0.25) is 0 Å². The summed E-state index contributed by atoms with van der Waals surface area (Å²) in [6.07, 6.45) is 2.19. The molecule has 0 bridgehead atoms. The maximum absolute atomic E-state index is 9.97. The summed E-state index contributed by atoms with van der Waals surface area (Å²) in [6, 6.07) is 11.5. The fourth-order valence-electron chi connectivity index (χ4n) is 3.67. The van der Waals surface area contributed by atoms with Crippen LogP contribution in [0.3, 0.4) is 0 Å². The van der Waals surface area contributed by atoms with Crippen molar-refractivity contribution in [1.82, 2.24) is 9.88 Å². The van der Waals surface area contributed by atoms with Crippen LogP contribution in [0.25, 0.3) is 21.8 Å². The number of piperidine rings is 1. The number of benzene rings is 2. The number of para-hydroxylation sites is 1. The van der Waals surface area contributed by atoms with Gasteiger partial charge in [0.05, 0.1) is 16.7 Å². The standard InChI is InChI=1S/C20H23N3O2/c1-2-23-9-7-13(8-10-23)21-20-14-5-3-4-6-16(14)22-17-12-19(25)18(24)11-15(17)20/h3-6,11-13,24-25H,2,7-10H2,1H3,(H,21,22). The van der Waals surface area contributed by atoms with E-state index < -0.39 is 0 Å². The van der Waals surface area contributed by atoms with E-state index in [0.717, 1.165) is 54.5 Å². The molecule has 0 aliphatic carbocycles. The van der Waals surface area contributed by atoms with Crippen LogP contribution in [0.1, 0.15) is 19.8 Å². The highest BCUT2D eigenvalue weighted by Crippen LogP contribution is 2.37. The molecule has 1 aliphatic heterocycles. The number of fused-ring (bicyclic) bond motifs is 2. The van der Waals surface area contributed by atoms with E-state index in [9.17, 15) is 10.2 Å². The van der Waals surface area contributed by atoms with Crippen LogP contribution >= 0.6 is 0 Å². The molecule has 0 amide bonds. The van der Waals surface area contributed by atoms with Gasteiger partial charge in [-0.15, -0.1) is 0 Å². The minimum Gasteiger partial charge on any atom is -0.504 e. The first-order chi connectivity index (χ1) is 12.2. The van der Waals surface area contributed by atoms with Crippen LogP contribution in [0.4, 0.5) is 5.69 Å². The molecule has 0 spiro atoms. The molecule has 5 heteroatoms. The highest BCUT2D eigenvalue weighted by atomic mass is 16.3. The van der Waals surface area contributed by atoms with Crippen LogP contribution in [0.5, 0.6) is 11.5 Å². The second-order valence-corrected chi connectivity index (χ2v) is 6.71. The van der Waals surface area contributed by atoms with Crippen LogP contribution in [-0.2, 0) is 0 Å². The Hall–Kier alpha value is -2.53. The van der Waals surface area contributed by atoms with Crippen molar-refractivity contribution in [3.63, 3.8) is 0 Å². The quantitative estimate of drug-likeness (QED) is 0.502. The predicted molar refractivity (Wildman–Crippen MR) is 101 cm³/mol. The summed E-state index contributed by atoms with van der Waals surface area (Å²) >= 11 is 0. The molecule has 5 nitrogen and oxygen atoms in total. The van der Waals surface area contributed by atoms with Gasteiger partial charge in [-0.1, -0.05) is 25.1 Å². The van der Waals surface area contributed by atoms with Crippen molar-refractivity contribution in [3.05, 3.63) is 36.4 Å². The second kappa shape index (κ2) is 6.41. The minimum absolute atomic E-state index is 0.117. The molecular weight excluding hydrogens is 314 g/mol. The number of hydrogen-bond acceptors (Lipinski definition) is 5. The Morgan fingerprint density at radius 1 is 1.04 bits per heavy atom. The van der Waals surface area contributed by atoms with Crippen LogP contribution in [0, 0.1) is 0 Å². The number of hydrogen-bond donors (Lipinski definition) is 3. The van der Waals surface area contributed by atoms with Crippen LogP contribution < -0.4 is 5.32 Å². The molecule has 1 aromatic heterocycles. The van der Waals surface area contributed by atoms with Crippen molar-refractivity contribution in [2.24, 2.45) is 0 Å². The highest BCUT2D eigenvalue weighted by molar-refractivity contribution is 6.08. The molecule has 3 aromatic rings. The largest absolute Gasteiger partial charge is 0.504 e. The SMILES string of the molecule is CCN1CCC(Nc2c3ccccc3nc3cc(O)c(O)cc23)CC1. The number of nitrogens with zero attached hydrogens (tertiary/aromatic N) is 2. The fourth-order valence-corrected chi connectivity index (χ4v) is 3.67. The van der Waals surface area contributed by atoms with E-state index in [1.165, 1.54) is 6.07 Å². The topological polar surface area (TPSA) is 68.6 Å². The normalized spacial score (nSPS) is 16.5. The molecule has 3 N–H and O–H groups in total. The Bertz CT molecular complexity index is 918. The molecule has 1 fully saturated rings. The Balaban J connectivity index is 1.80. The fraction of sp³-hybridized carbons (Fsp3) is 0.350. The zero-order chi connectivity index (χ0) is 17.4. The van der Waals surface area contributed by atoms with E-state index in [1.807, 2.05) is 18.2 Å². The maximum atomic E-state index is 9.97. The Morgan fingerprint density at radius 3 is 2.52 bits per heavy atom. The molecule has 130 valence electrons. The van der Waals surface area contributed by atoms with E-state index in [-0.39, 0.29) is 11.5 Å². The average molecular weight is 337 g/mol. The molecule has 1 saturated heterocycles. The number of rotatable bonds is 3. The zero-order valence-electron chi connectivity index (χ0n) is 14.4. The van der Waals surface area contributed by atoms with Crippen LogP contribution in [-0.4, -0.2) is 45.8 Å². The number of pyridine rings is 1. The molecular formula is C20H23N3O2. The molecule has 25 heavy (non-hydrogen) atoms.